The predicted octanol–water partition coefficient (Wildman–Crippen LogP) is 8.85. The van der Waals surface area contributed by atoms with E-state index in [2.05, 4.69) is 4.74 Å². The Labute approximate surface area is 207 Å². The summed E-state index contributed by atoms with van der Waals surface area (Å²) >= 11 is 0. The fourth-order valence-electron chi connectivity index (χ4n) is 3.95. The van der Waals surface area contributed by atoms with Crippen molar-refractivity contribution in [1.82, 2.24) is 0 Å². The SMILES string of the molecule is CCc1c(F)cc(-c2ccc(OC(F)(F)c3c(F)cc(-c4ccc(C)cc4F)cc3F)cc2F)cc1F. The van der Waals surface area contributed by atoms with Crippen molar-refractivity contribution in [3.05, 3.63) is 112 Å². The predicted molar refractivity (Wildman–Crippen MR) is 122 cm³/mol. The molecule has 0 N–H and O–H groups in total. The molecule has 192 valence electrons. The zero-order valence-electron chi connectivity index (χ0n) is 19.4. The summed E-state index contributed by atoms with van der Waals surface area (Å²) in [6.45, 7) is 3.14. The molecule has 0 heterocycles. The number of rotatable bonds is 6. The molecule has 4 aromatic rings. The lowest BCUT2D eigenvalue weighted by molar-refractivity contribution is -0.189. The number of benzene rings is 4. The number of alkyl halides is 2. The third-order valence-electron chi connectivity index (χ3n) is 5.76. The minimum absolute atomic E-state index is 0.0658. The lowest BCUT2D eigenvalue weighted by Gasteiger charge is -2.20. The molecular weight excluding hydrogens is 504 g/mol. The van der Waals surface area contributed by atoms with Gasteiger partial charge in [0, 0.05) is 22.8 Å². The van der Waals surface area contributed by atoms with Crippen LogP contribution in [0.25, 0.3) is 22.3 Å². The van der Waals surface area contributed by atoms with Crippen molar-refractivity contribution < 1.29 is 39.9 Å². The molecule has 0 saturated carbocycles. The van der Waals surface area contributed by atoms with Gasteiger partial charge >= 0.3 is 6.11 Å². The molecule has 0 saturated heterocycles. The lowest BCUT2D eigenvalue weighted by Crippen LogP contribution is -2.25. The van der Waals surface area contributed by atoms with E-state index < -0.39 is 52.3 Å². The first-order valence-electron chi connectivity index (χ1n) is 11.0. The second-order valence-electron chi connectivity index (χ2n) is 8.33. The minimum atomic E-state index is -4.59. The minimum Gasteiger partial charge on any atom is -0.429 e. The highest BCUT2D eigenvalue weighted by atomic mass is 19.3. The summed E-state index contributed by atoms with van der Waals surface area (Å²) in [6.07, 6.45) is -4.52. The molecule has 0 aliphatic carbocycles. The molecule has 4 rings (SSSR count). The van der Waals surface area contributed by atoms with Crippen molar-refractivity contribution >= 4 is 0 Å². The van der Waals surface area contributed by atoms with Gasteiger partial charge in [0.1, 0.15) is 46.2 Å². The molecule has 0 aliphatic heterocycles. The summed E-state index contributed by atoms with van der Waals surface area (Å²) in [5, 5.41) is 0. The second kappa shape index (κ2) is 9.88. The highest BCUT2D eigenvalue weighted by Crippen LogP contribution is 2.38. The van der Waals surface area contributed by atoms with Crippen LogP contribution in [0, 0.1) is 41.8 Å². The summed E-state index contributed by atoms with van der Waals surface area (Å²) in [7, 11) is 0. The summed E-state index contributed by atoms with van der Waals surface area (Å²) in [6, 6.07) is 9.04. The first kappa shape index (κ1) is 26.2. The third-order valence-corrected chi connectivity index (χ3v) is 5.76. The number of hydrogen-bond acceptors (Lipinski definition) is 1. The van der Waals surface area contributed by atoms with Crippen LogP contribution in [0.1, 0.15) is 23.6 Å². The standard InChI is InChI=1S/C28H18F8O/c1-3-18-22(30)9-15(10-23(18)31)20-7-5-17(13-24(20)32)37-28(35,36)27-25(33)11-16(12-26(27)34)19-6-4-14(2)8-21(19)29/h4-13H,3H2,1-2H3. The van der Waals surface area contributed by atoms with Crippen molar-refractivity contribution in [3.63, 3.8) is 0 Å². The molecule has 4 aromatic carbocycles. The monoisotopic (exact) mass is 522 g/mol. The van der Waals surface area contributed by atoms with Gasteiger partial charge in [-0.1, -0.05) is 19.1 Å². The average Bonchev–Trinajstić information content (AvgIpc) is 2.78. The Hall–Kier alpha value is -3.88. The van der Waals surface area contributed by atoms with Gasteiger partial charge in [-0.25, -0.2) is 26.3 Å². The highest BCUT2D eigenvalue weighted by Gasteiger charge is 2.41. The van der Waals surface area contributed by atoms with Gasteiger partial charge < -0.3 is 4.74 Å². The maximum atomic E-state index is 14.8. The van der Waals surface area contributed by atoms with Crippen molar-refractivity contribution in [2.24, 2.45) is 0 Å². The quantitative estimate of drug-likeness (QED) is 0.230. The molecule has 0 aromatic heterocycles. The van der Waals surface area contributed by atoms with E-state index in [4.69, 9.17) is 0 Å². The second-order valence-corrected chi connectivity index (χ2v) is 8.33. The van der Waals surface area contributed by atoms with Gasteiger partial charge in [0.05, 0.1) is 0 Å². The number of aryl methyl sites for hydroxylation is 1. The van der Waals surface area contributed by atoms with E-state index >= 15 is 0 Å². The van der Waals surface area contributed by atoms with E-state index in [9.17, 15) is 35.1 Å². The fourth-order valence-corrected chi connectivity index (χ4v) is 3.95. The number of hydrogen-bond donors (Lipinski definition) is 0. The molecular formula is C28H18F8O. The Bertz CT molecular complexity index is 1450. The van der Waals surface area contributed by atoms with Crippen LogP contribution in [0.4, 0.5) is 35.1 Å². The van der Waals surface area contributed by atoms with Gasteiger partial charge in [0.15, 0.2) is 0 Å². The average molecular weight is 522 g/mol. The zero-order valence-corrected chi connectivity index (χ0v) is 19.4. The normalized spacial score (nSPS) is 11.6. The fraction of sp³-hybridized carbons (Fsp3) is 0.143. The molecule has 0 fully saturated rings. The van der Waals surface area contributed by atoms with Gasteiger partial charge in [0.25, 0.3) is 0 Å². The maximum Gasteiger partial charge on any atom is 0.432 e. The Kier molecular flexibility index (Phi) is 6.99. The Morgan fingerprint density at radius 3 is 1.59 bits per heavy atom. The Balaban J connectivity index is 1.65. The van der Waals surface area contributed by atoms with Crippen LogP contribution >= 0.6 is 0 Å². The summed E-state index contributed by atoms with van der Waals surface area (Å²) in [4.78, 5) is 0. The molecule has 1 nitrogen and oxygen atoms in total. The lowest BCUT2D eigenvalue weighted by atomic mass is 10.0. The van der Waals surface area contributed by atoms with Crippen LogP contribution in [0.3, 0.4) is 0 Å². The topological polar surface area (TPSA) is 9.23 Å². The summed E-state index contributed by atoms with van der Waals surface area (Å²) in [5.41, 5.74) is -2.40. The first-order valence-corrected chi connectivity index (χ1v) is 11.0. The van der Waals surface area contributed by atoms with Crippen molar-refractivity contribution in [2.45, 2.75) is 26.4 Å². The van der Waals surface area contributed by atoms with Crippen molar-refractivity contribution in [2.75, 3.05) is 0 Å². The van der Waals surface area contributed by atoms with E-state index in [-0.39, 0.29) is 34.2 Å². The molecule has 0 atom stereocenters. The molecule has 0 unspecified atom stereocenters. The van der Waals surface area contributed by atoms with E-state index in [0.717, 1.165) is 30.3 Å². The molecule has 0 bridgehead atoms. The van der Waals surface area contributed by atoms with Crippen LogP contribution in [0.2, 0.25) is 0 Å². The van der Waals surface area contributed by atoms with Gasteiger partial charge in [-0.05, 0) is 72.5 Å². The summed E-state index contributed by atoms with van der Waals surface area (Å²) in [5.74, 6) is -7.98. The molecule has 37 heavy (non-hydrogen) atoms. The molecule has 0 radical (unpaired) electrons. The van der Waals surface area contributed by atoms with Crippen LogP contribution in [0.15, 0.2) is 60.7 Å². The van der Waals surface area contributed by atoms with E-state index in [1.54, 1.807) is 6.92 Å². The number of ether oxygens (including phenoxy) is 1. The molecule has 9 heteroatoms. The van der Waals surface area contributed by atoms with Crippen LogP contribution in [-0.4, -0.2) is 0 Å². The molecule has 0 spiro atoms. The van der Waals surface area contributed by atoms with Gasteiger partial charge in [-0.3, -0.25) is 0 Å². The highest BCUT2D eigenvalue weighted by molar-refractivity contribution is 5.66. The Morgan fingerprint density at radius 1 is 0.622 bits per heavy atom. The zero-order chi connectivity index (χ0) is 27.1. The van der Waals surface area contributed by atoms with Gasteiger partial charge in [-0.15, -0.1) is 0 Å². The van der Waals surface area contributed by atoms with E-state index in [1.807, 2.05) is 0 Å². The van der Waals surface area contributed by atoms with Gasteiger partial charge in [-0.2, -0.15) is 8.78 Å². The maximum absolute atomic E-state index is 14.8. The first-order chi connectivity index (χ1) is 17.4. The van der Waals surface area contributed by atoms with Crippen LogP contribution in [-0.2, 0) is 12.5 Å². The van der Waals surface area contributed by atoms with Gasteiger partial charge in [0.2, 0.25) is 0 Å². The summed E-state index contributed by atoms with van der Waals surface area (Å²) < 4.78 is 120. The Morgan fingerprint density at radius 2 is 1.11 bits per heavy atom. The third kappa shape index (κ3) is 5.16. The van der Waals surface area contributed by atoms with Crippen molar-refractivity contribution in [1.29, 1.82) is 0 Å². The van der Waals surface area contributed by atoms with Crippen LogP contribution in [0.5, 0.6) is 5.75 Å². The van der Waals surface area contributed by atoms with E-state index in [1.165, 1.54) is 19.1 Å². The molecule has 0 amide bonds. The van der Waals surface area contributed by atoms with Crippen LogP contribution < -0.4 is 4.74 Å². The largest absolute Gasteiger partial charge is 0.432 e. The molecule has 0 aliphatic rings. The number of halogens is 8. The smallest absolute Gasteiger partial charge is 0.429 e. The van der Waals surface area contributed by atoms with Crippen molar-refractivity contribution in [3.8, 4) is 28.0 Å². The van der Waals surface area contributed by atoms with E-state index in [0.29, 0.717) is 23.8 Å².